The number of hydrogen-bond donors (Lipinski definition) is 1. The summed E-state index contributed by atoms with van der Waals surface area (Å²) in [6, 6.07) is 2.86. The number of alkyl halides is 3. The molecule has 0 aliphatic heterocycles. The summed E-state index contributed by atoms with van der Waals surface area (Å²) in [4.78, 5) is 22.7. The number of aryl methyl sites for hydroxylation is 1. The summed E-state index contributed by atoms with van der Waals surface area (Å²) in [6.45, 7) is 1.78. The van der Waals surface area contributed by atoms with Crippen molar-refractivity contribution in [3.8, 4) is 10.8 Å². The first-order chi connectivity index (χ1) is 9.84. The van der Waals surface area contributed by atoms with Gasteiger partial charge in [0.1, 0.15) is 0 Å². The Morgan fingerprint density at radius 3 is 2.62 bits per heavy atom. The van der Waals surface area contributed by atoms with Crippen LogP contribution in [0, 0.1) is 6.92 Å². The third kappa shape index (κ3) is 2.54. The Kier molecular flexibility index (Phi) is 3.05. The molecule has 1 aromatic carbocycles. The number of thiazole rings is 1. The van der Waals surface area contributed by atoms with Gasteiger partial charge < -0.3 is 4.98 Å². The molecule has 0 radical (unpaired) electrons. The summed E-state index contributed by atoms with van der Waals surface area (Å²) >= 11 is 1.26. The smallest absolute Gasteiger partial charge is 0.304 e. The fourth-order valence-electron chi connectivity index (χ4n) is 1.88. The first kappa shape index (κ1) is 13.7. The molecule has 108 valence electrons. The summed E-state index contributed by atoms with van der Waals surface area (Å²) in [7, 11) is 0. The summed E-state index contributed by atoms with van der Waals surface area (Å²) in [5.41, 5.74) is -0.579. The number of fused-ring (bicyclic) bond motifs is 1. The van der Waals surface area contributed by atoms with Gasteiger partial charge in [-0.3, -0.25) is 4.79 Å². The minimum absolute atomic E-state index is 0.00331. The normalized spacial score (nSPS) is 12.0. The van der Waals surface area contributed by atoms with Crippen molar-refractivity contribution < 1.29 is 13.2 Å². The van der Waals surface area contributed by atoms with E-state index in [9.17, 15) is 18.0 Å². The maximum atomic E-state index is 12.7. The minimum Gasteiger partial charge on any atom is -0.304 e. The van der Waals surface area contributed by atoms with Crippen LogP contribution in [-0.4, -0.2) is 15.0 Å². The lowest BCUT2D eigenvalue weighted by atomic mass is 10.1. The number of aromatic nitrogens is 3. The molecular weight excluding hydrogens is 303 g/mol. The van der Waals surface area contributed by atoms with E-state index in [2.05, 4.69) is 15.0 Å². The number of aromatic amines is 1. The highest BCUT2D eigenvalue weighted by atomic mass is 32.1. The number of hydrogen-bond acceptors (Lipinski definition) is 4. The van der Waals surface area contributed by atoms with Gasteiger partial charge in [0.15, 0.2) is 10.8 Å². The average molecular weight is 311 g/mol. The molecule has 21 heavy (non-hydrogen) atoms. The van der Waals surface area contributed by atoms with Crippen LogP contribution in [0.25, 0.3) is 21.7 Å². The molecule has 0 bridgehead atoms. The monoisotopic (exact) mass is 311 g/mol. The van der Waals surface area contributed by atoms with Crippen molar-refractivity contribution in [2.75, 3.05) is 0 Å². The molecule has 0 unspecified atom stereocenters. The standard InChI is InChI=1S/C13H8F3N3OS/c1-6-5-21-12(17-6)10-18-9-4-7(13(14,15)16)2-3-8(9)11(20)19-10/h2-5H,1H3,(H,18,19,20). The second-order valence-corrected chi connectivity index (χ2v) is 5.30. The molecule has 2 aromatic heterocycles. The van der Waals surface area contributed by atoms with Crippen LogP contribution in [0.5, 0.6) is 0 Å². The van der Waals surface area contributed by atoms with Crippen molar-refractivity contribution >= 4 is 22.2 Å². The van der Waals surface area contributed by atoms with E-state index in [0.29, 0.717) is 5.01 Å². The molecule has 0 atom stereocenters. The Morgan fingerprint density at radius 1 is 1.24 bits per heavy atom. The van der Waals surface area contributed by atoms with Crippen molar-refractivity contribution in [3.05, 3.63) is 45.2 Å². The molecule has 0 fully saturated rings. The molecule has 0 saturated carbocycles. The Balaban J connectivity index is 2.24. The SMILES string of the molecule is Cc1csc(-c2nc3cc(C(F)(F)F)ccc3c(=O)[nH]2)n1. The molecule has 0 spiro atoms. The first-order valence-electron chi connectivity index (χ1n) is 5.88. The van der Waals surface area contributed by atoms with Crippen LogP contribution in [0.1, 0.15) is 11.3 Å². The van der Waals surface area contributed by atoms with Gasteiger partial charge in [-0.1, -0.05) is 0 Å². The van der Waals surface area contributed by atoms with Crippen LogP contribution in [-0.2, 0) is 6.18 Å². The lowest BCUT2D eigenvalue weighted by Crippen LogP contribution is -2.11. The topological polar surface area (TPSA) is 58.6 Å². The highest BCUT2D eigenvalue weighted by molar-refractivity contribution is 7.13. The lowest BCUT2D eigenvalue weighted by molar-refractivity contribution is -0.137. The second kappa shape index (κ2) is 4.66. The van der Waals surface area contributed by atoms with Crippen LogP contribution >= 0.6 is 11.3 Å². The van der Waals surface area contributed by atoms with E-state index < -0.39 is 17.3 Å². The average Bonchev–Trinajstić information content (AvgIpc) is 2.83. The Bertz CT molecular complexity index is 882. The Morgan fingerprint density at radius 2 is 2.00 bits per heavy atom. The molecule has 4 nitrogen and oxygen atoms in total. The largest absolute Gasteiger partial charge is 0.416 e. The Labute approximate surface area is 120 Å². The number of halogens is 3. The molecule has 0 saturated heterocycles. The summed E-state index contributed by atoms with van der Waals surface area (Å²) < 4.78 is 38.2. The predicted molar refractivity (Wildman–Crippen MR) is 73.2 cm³/mol. The van der Waals surface area contributed by atoms with E-state index in [1.165, 1.54) is 11.3 Å². The zero-order valence-corrected chi connectivity index (χ0v) is 11.5. The van der Waals surface area contributed by atoms with Crippen molar-refractivity contribution in [1.82, 2.24) is 15.0 Å². The number of benzene rings is 1. The van der Waals surface area contributed by atoms with Gasteiger partial charge >= 0.3 is 6.18 Å². The fraction of sp³-hybridized carbons (Fsp3) is 0.154. The molecule has 1 N–H and O–H groups in total. The van der Waals surface area contributed by atoms with Crippen LogP contribution in [0.3, 0.4) is 0 Å². The third-order valence-electron chi connectivity index (χ3n) is 2.86. The summed E-state index contributed by atoms with van der Waals surface area (Å²) in [6.07, 6.45) is -4.48. The second-order valence-electron chi connectivity index (χ2n) is 4.44. The van der Waals surface area contributed by atoms with Crippen LogP contribution in [0.2, 0.25) is 0 Å². The third-order valence-corrected chi connectivity index (χ3v) is 3.82. The minimum atomic E-state index is -4.48. The van der Waals surface area contributed by atoms with Crippen molar-refractivity contribution in [3.63, 3.8) is 0 Å². The highest BCUT2D eigenvalue weighted by Crippen LogP contribution is 2.30. The number of nitrogens with one attached hydrogen (secondary N) is 1. The van der Waals surface area contributed by atoms with Crippen molar-refractivity contribution in [2.24, 2.45) is 0 Å². The zero-order chi connectivity index (χ0) is 15.2. The summed E-state index contributed by atoms with van der Waals surface area (Å²) in [5, 5.41) is 2.34. The molecule has 2 heterocycles. The Hall–Kier alpha value is -2.22. The lowest BCUT2D eigenvalue weighted by Gasteiger charge is -2.07. The molecule has 0 aliphatic carbocycles. The van der Waals surface area contributed by atoms with Gasteiger partial charge in [-0.15, -0.1) is 11.3 Å². The van der Waals surface area contributed by atoms with Crippen molar-refractivity contribution in [1.29, 1.82) is 0 Å². The molecule has 3 rings (SSSR count). The van der Waals surface area contributed by atoms with Gasteiger partial charge in [-0.05, 0) is 25.1 Å². The van der Waals surface area contributed by atoms with Crippen LogP contribution in [0.15, 0.2) is 28.4 Å². The molecule has 8 heteroatoms. The van der Waals surface area contributed by atoms with E-state index in [0.717, 1.165) is 23.9 Å². The number of H-pyrrole nitrogens is 1. The molecule has 3 aromatic rings. The first-order valence-corrected chi connectivity index (χ1v) is 6.76. The van der Waals surface area contributed by atoms with E-state index >= 15 is 0 Å². The molecule has 0 amide bonds. The van der Waals surface area contributed by atoms with Gasteiger partial charge in [-0.2, -0.15) is 13.2 Å². The van der Waals surface area contributed by atoms with Crippen LogP contribution in [0.4, 0.5) is 13.2 Å². The predicted octanol–water partition coefficient (Wildman–Crippen LogP) is 3.37. The van der Waals surface area contributed by atoms with E-state index in [1.807, 2.05) is 0 Å². The van der Waals surface area contributed by atoms with Gasteiger partial charge in [0.25, 0.3) is 5.56 Å². The fourth-order valence-corrected chi connectivity index (χ4v) is 2.62. The summed E-state index contributed by atoms with van der Waals surface area (Å²) in [5.74, 6) is 0.171. The van der Waals surface area contributed by atoms with Gasteiger partial charge in [-0.25, -0.2) is 9.97 Å². The van der Waals surface area contributed by atoms with Gasteiger partial charge in [0, 0.05) is 11.1 Å². The zero-order valence-electron chi connectivity index (χ0n) is 10.7. The van der Waals surface area contributed by atoms with E-state index in [-0.39, 0.29) is 16.7 Å². The highest BCUT2D eigenvalue weighted by Gasteiger charge is 2.30. The number of rotatable bonds is 1. The van der Waals surface area contributed by atoms with Crippen molar-refractivity contribution in [2.45, 2.75) is 13.1 Å². The van der Waals surface area contributed by atoms with E-state index in [1.54, 1.807) is 12.3 Å². The quantitative estimate of drug-likeness (QED) is 0.749. The van der Waals surface area contributed by atoms with Gasteiger partial charge in [0.2, 0.25) is 0 Å². The molecular formula is C13H8F3N3OS. The maximum Gasteiger partial charge on any atom is 0.416 e. The number of nitrogens with zero attached hydrogens (tertiary/aromatic N) is 2. The maximum absolute atomic E-state index is 12.7. The van der Waals surface area contributed by atoms with Gasteiger partial charge in [0.05, 0.1) is 16.5 Å². The molecule has 0 aliphatic rings. The van der Waals surface area contributed by atoms with E-state index in [4.69, 9.17) is 0 Å². The van der Waals surface area contributed by atoms with Crippen LogP contribution < -0.4 is 5.56 Å².